The molecule has 0 amide bonds. The lowest BCUT2D eigenvalue weighted by atomic mass is 9.54. The second kappa shape index (κ2) is 6.95. The number of Topliss-reactive ketones (excluding diaryl/α,β-unsaturated/α-hetero) is 2. The number of allylic oxidation sites excluding steroid dienone is 4. The van der Waals surface area contributed by atoms with E-state index >= 15 is 0 Å². The van der Waals surface area contributed by atoms with Gasteiger partial charge in [-0.1, -0.05) is 42.5 Å². The molecule has 31 heavy (non-hydrogen) atoms. The molecule has 0 unspecified atom stereocenters. The zero-order valence-corrected chi connectivity index (χ0v) is 17.2. The predicted molar refractivity (Wildman–Crippen MR) is 116 cm³/mol. The van der Waals surface area contributed by atoms with E-state index in [9.17, 15) is 14.9 Å². The first kappa shape index (κ1) is 19.3. The number of ether oxygens (including phenoxy) is 1. The predicted octanol–water partition coefficient (Wildman–Crippen LogP) is 4.32. The monoisotopic (exact) mass is 410 g/mol. The van der Waals surface area contributed by atoms with E-state index in [0.29, 0.717) is 22.4 Å². The number of benzene rings is 2. The van der Waals surface area contributed by atoms with E-state index in [1.165, 1.54) is 0 Å². The van der Waals surface area contributed by atoms with Crippen LogP contribution in [0.2, 0.25) is 0 Å². The molecule has 2 aromatic rings. The molecule has 0 saturated heterocycles. The molecule has 3 aliphatic carbocycles. The van der Waals surface area contributed by atoms with Crippen LogP contribution in [0.5, 0.6) is 5.75 Å². The Morgan fingerprint density at radius 1 is 1.06 bits per heavy atom. The first-order chi connectivity index (χ1) is 15.1. The lowest BCUT2D eigenvalue weighted by Crippen LogP contribution is -2.51. The minimum Gasteiger partial charge on any atom is -0.497 e. The molecule has 0 radical (unpaired) electrons. The number of carbonyl (C=O) groups excluding carboxylic acids is 2. The highest BCUT2D eigenvalue weighted by molar-refractivity contribution is 6.32. The topological polar surface area (TPSA) is 93.2 Å². The van der Waals surface area contributed by atoms with Crippen molar-refractivity contribution in [1.29, 1.82) is 5.26 Å². The number of nitrogens with zero attached hydrogens (tertiary/aromatic N) is 1. The number of methoxy groups -OCH3 is 1. The summed E-state index contributed by atoms with van der Waals surface area (Å²) in [5, 5.41) is 9.99. The van der Waals surface area contributed by atoms with Crippen molar-refractivity contribution in [3.8, 4) is 11.8 Å². The molecule has 2 atom stereocenters. The summed E-state index contributed by atoms with van der Waals surface area (Å²) in [6.07, 6.45) is 4.64. The van der Waals surface area contributed by atoms with Gasteiger partial charge in [-0.2, -0.15) is 5.26 Å². The number of hydrogen-bond acceptors (Lipinski definition) is 5. The van der Waals surface area contributed by atoms with Gasteiger partial charge in [0.1, 0.15) is 17.2 Å². The Hall–Kier alpha value is -3.65. The average Bonchev–Trinajstić information content (AvgIpc) is 3.03. The molecule has 0 aromatic heterocycles. The molecule has 154 valence electrons. The lowest BCUT2D eigenvalue weighted by molar-refractivity contribution is 0.0659. The van der Waals surface area contributed by atoms with Crippen LogP contribution in [-0.2, 0) is 0 Å². The molecule has 0 saturated carbocycles. The van der Waals surface area contributed by atoms with Gasteiger partial charge in [-0.05, 0) is 48.4 Å². The average molecular weight is 410 g/mol. The Bertz CT molecular complexity index is 1180. The van der Waals surface area contributed by atoms with Gasteiger partial charge in [0.2, 0.25) is 0 Å². The van der Waals surface area contributed by atoms with Gasteiger partial charge in [0.05, 0.1) is 12.7 Å². The molecule has 0 heterocycles. The highest BCUT2D eigenvalue weighted by Crippen LogP contribution is 2.60. The van der Waals surface area contributed by atoms with Crippen molar-refractivity contribution < 1.29 is 14.3 Å². The van der Waals surface area contributed by atoms with E-state index in [-0.39, 0.29) is 23.2 Å². The number of hydrogen-bond donors (Lipinski definition) is 1. The first-order valence-electron chi connectivity index (χ1n) is 10.5. The molecule has 2 aromatic carbocycles. The van der Waals surface area contributed by atoms with Crippen LogP contribution in [0.3, 0.4) is 0 Å². The van der Waals surface area contributed by atoms with Gasteiger partial charge in [0, 0.05) is 22.7 Å². The summed E-state index contributed by atoms with van der Waals surface area (Å²) in [6, 6.07) is 16.6. The van der Waals surface area contributed by atoms with Gasteiger partial charge in [0.15, 0.2) is 11.6 Å². The van der Waals surface area contributed by atoms with Crippen LogP contribution in [-0.4, -0.2) is 18.7 Å². The molecular weight excluding hydrogens is 388 g/mol. The first-order valence-corrected chi connectivity index (χ1v) is 10.5. The summed E-state index contributed by atoms with van der Waals surface area (Å²) in [5.74, 6) is -0.519. The normalized spacial score (nSPS) is 23.8. The van der Waals surface area contributed by atoms with Crippen molar-refractivity contribution >= 4 is 11.6 Å². The molecule has 1 spiro atoms. The molecule has 3 aliphatic rings. The fraction of sp³-hybridized carbons (Fsp3) is 0.269. The number of ketones is 2. The smallest absolute Gasteiger partial charge is 0.184 e. The molecule has 2 N–H and O–H groups in total. The highest BCUT2D eigenvalue weighted by atomic mass is 16.5. The van der Waals surface area contributed by atoms with E-state index < -0.39 is 11.3 Å². The summed E-state index contributed by atoms with van der Waals surface area (Å²) in [4.78, 5) is 27.9. The Morgan fingerprint density at radius 3 is 2.29 bits per heavy atom. The van der Waals surface area contributed by atoms with Crippen LogP contribution in [0.25, 0.3) is 0 Å². The largest absolute Gasteiger partial charge is 0.497 e. The maximum Gasteiger partial charge on any atom is 0.184 e. The minimum atomic E-state index is -1.59. The van der Waals surface area contributed by atoms with E-state index in [4.69, 9.17) is 10.5 Å². The Morgan fingerprint density at radius 2 is 1.71 bits per heavy atom. The van der Waals surface area contributed by atoms with Gasteiger partial charge in [-0.25, -0.2) is 0 Å². The fourth-order valence-electron chi connectivity index (χ4n) is 5.71. The summed E-state index contributed by atoms with van der Waals surface area (Å²) in [5.41, 5.74) is 7.91. The van der Waals surface area contributed by atoms with Gasteiger partial charge >= 0.3 is 0 Å². The second-order valence-electron chi connectivity index (χ2n) is 8.36. The van der Waals surface area contributed by atoms with E-state index in [1.54, 1.807) is 31.4 Å². The molecule has 0 fully saturated rings. The Kier molecular flexibility index (Phi) is 4.33. The van der Waals surface area contributed by atoms with Gasteiger partial charge in [-0.15, -0.1) is 0 Å². The number of fused-ring (bicyclic) bond motifs is 2. The van der Waals surface area contributed by atoms with Gasteiger partial charge in [-0.3, -0.25) is 9.59 Å². The molecule has 5 nitrogen and oxygen atoms in total. The Balaban J connectivity index is 1.84. The fourth-order valence-corrected chi connectivity index (χ4v) is 5.71. The van der Waals surface area contributed by atoms with Crippen molar-refractivity contribution in [2.45, 2.75) is 25.2 Å². The van der Waals surface area contributed by atoms with Crippen molar-refractivity contribution in [1.82, 2.24) is 0 Å². The summed E-state index contributed by atoms with van der Waals surface area (Å²) < 4.78 is 5.31. The van der Waals surface area contributed by atoms with Crippen molar-refractivity contribution in [3.05, 3.63) is 88.1 Å². The minimum absolute atomic E-state index is 0.0893. The standard InChI is InChI=1S/C26H22N2O3/c1-31-16-12-10-15(11-13-16)22-18-7-3-2-6-17(18)21(14-27)23(28)26(22)24(29)19-8-4-5-9-20(19)25(26)30/h4-6,8-13,18,22H,2-3,7,28H2,1H3/t18-,22+/m1/s1. The molecule has 5 heteroatoms. The summed E-state index contributed by atoms with van der Waals surface area (Å²) >= 11 is 0. The molecule has 5 rings (SSSR count). The van der Waals surface area contributed by atoms with Crippen LogP contribution in [0.1, 0.15) is 51.5 Å². The summed E-state index contributed by atoms with van der Waals surface area (Å²) in [6.45, 7) is 0. The van der Waals surface area contributed by atoms with Crippen molar-refractivity contribution in [2.24, 2.45) is 17.1 Å². The van der Waals surface area contributed by atoms with E-state index in [0.717, 1.165) is 30.4 Å². The van der Waals surface area contributed by atoms with Crippen LogP contribution < -0.4 is 10.5 Å². The van der Waals surface area contributed by atoms with Crippen LogP contribution >= 0.6 is 0 Å². The third-order valence-electron chi connectivity index (χ3n) is 7.05. The maximum atomic E-state index is 13.9. The summed E-state index contributed by atoms with van der Waals surface area (Å²) in [7, 11) is 1.60. The SMILES string of the molecule is COc1ccc([C@H]2[C@@H]3CCCC=C3C(C#N)=C(N)C23C(=O)c2ccccc2C3=O)cc1. The molecule has 0 aliphatic heterocycles. The van der Waals surface area contributed by atoms with Gasteiger partial charge < -0.3 is 10.5 Å². The molecule has 0 bridgehead atoms. The second-order valence-corrected chi connectivity index (χ2v) is 8.36. The number of nitriles is 1. The van der Waals surface area contributed by atoms with Crippen LogP contribution in [0.4, 0.5) is 0 Å². The Labute approximate surface area is 180 Å². The third-order valence-corrected chi connectivity index (χ3v) is 7.05. The lowest BCUT2D eigenvalue weighted by Gasteiger charge is -2.46. The quantitative estimate of drug-likeness (QED) is 0.744. The number of nitrogens with two attached hydrogens (primary N) is 1. The van der Waals surface area contributed by atoms with Crippen molar-refractivity contribution in [2.75, 3.05) is 7.11 Å². The van der Waals surface area contributed by atoms with Gasteiger partial charge in [0.25, 0.3) is 0 Å². The number of rotatable bonds is 2. The zero-order valence-electron chi connectivity index (χ0n) is 17.2. The number of carbonyl (C=O) groups is 2. The zero-order chi connectivity index (χ0) is 21.8. The van der Waals surface area contributed by atoms with Crippen LogP contribution in [0, 0.1) is 22.7 Å². The maximum absolute atomic E-state index is 13.9. The third kappa shape index (κ3) is 2.42. The highest BCUT2D eigenvalue weighted by Gasteiger charge is 2.64. The van der Waals surface area contributed by atoms with E-state index in [2.05, 4.69) is 12.1 Å². The van der Waals surface area contributed by atoms with Crippen LogP contribution in [0.15, 0.2) is 71.5 Å². The van der Waals surface area contributed by atoms with E-state index in [1.807, 2.05) is 24.3 Å². The molecular formula is C26H22N2O3. The van der Waals surface area contributed by atoms with Crippen molar-refractivity contribution in [3.63, 3.8) is 0 Å².